The zero-order valence-corrected chi connectivity index (χ0v) is 6.79. The summed E-state index contributed by atoms with van der Waals surface area (Å²) in [5, 5.41) is 1.21. The molecule has 0 bridgehead atoms. The van der Waals surface area contributed by atoms with Gasteiger partial charge in [0.2, 0.25) is 0 Å². The molecule has 1 saturated heterocycles. The van der Waals surface area contributed by atoms with Crippen molar-refractivity contribution in [3.8, 4) is 0 Å². The van der Waals surface area contributed by atoms with E-state index in [1.165, 1.54) is 5.01 Å². The SMILES string of the molecule is CC.CN1CCN(N)C1=O. The van der Waals surface area contributed by atoms with E-state index in [0.29, 0.717) is 6.54 Å². The van der Waals surface area contributed by atoms with Crippen molar-refractivity contribution in [2.75, 3.05) is 20.1 Å². The second-order valence-electron chi connectivity index (χ2n) is 1.90. The van der Waals surface area contributed by atoms with E-state index in [0.717, 1.165) is 6.54 Å². The van der Waals surface area contributed by atoms with E-state index < -0.39 is 0 Å². The van der Waals surface area contributed by atoms with E-state index in [9.17, 15) is 4.79 Å². The number of likely N-dealkylation sites (N-methyl/N-ethyl adjacent to an activating group) is 1. The summed E-state index contributed by atoms with van der Waals surface area (Å²) in [6.45, 7) is 5.39. The third-order valence-electron chi connectivity index (χ3n) is 1.25. The fourth-order valence-corrected chi connectivity index (χ4v) is 0.668. The van der Waals surface area contributed by atoms with Gasteiger partial charge in [-0.1, -0.05) is 13.8 Å². The molecule has 4 heteroatoms. The Morgan fingerprint density at radius 1 is 1.40 bits per heavy atom. The Morgan fingerprint density at radius 3 is 2.00 bits per heavy atom. The maximum absolute atomic E-state index is 10.6. The lowest BCUT2D eigenvalue weighted by atomic mass is 10.7. The van der Waals surface area contributed by atoms with Gasteiger partial charge in [0.15, 0.2) is 0 Å². The van der Waals surface area contributed by atoms with E-state index in [4.69, 9.17) is 5.84 Å². The quantitative estimate of drug-likeness (QED) is 0.392. The number of rotatable bonds is 0. The van der Waals surface area contributed by atoms with Crippen LogP contribution in [0.1, 0.15) is 13.8 Å². The molecule has 1 rings (SSSR count). The first-order valence-electron chi connectivity index (χ1n) is 3.49. The molecule has 0 radical (unpaired) electrons. The lowest BCUT2D eigenvalue weighted by Gasteiger charge is -2.07. The summed E-state index contributed by atoms with van der Waals surface area (Å²) in [5.74, 6) is 5.21. The molecule has 4 nitrogen and oxygen atoms in total. The molecule has 0 aromatic rings. The van der Waals surface area contributed by atoms with Gasteiger partial charge in [-0.2, -0.15) is 0 Å². The molecular formula is C6H15N3O. The van der Waals surface area contributed by atoms with Gasteiger partial charge in [-0.05, 0) is 0 Å². The van der Waals surface area contributed by atoms with Gasteiger partial charge in [-0.3, -0.25) is 5.01 Å². The van der Waals surface area contributed by atoms with Crippen molar-refractivity contribution in [1.29, 1.82) is 0 Å². The van der Waals surface area contributed by atoms with Crippen molar-refractivity contribution in [2.45, 2.75) is 13.8 Å². The van der Waals surface area contributed by atoms with Crippen LogP contribution < -0.4 is 5.84 Å². The summed E-state index contributed by atoms with van der Waals surface area (Å²) in [4.78, 5) is 12.2. The van der Waals surface area contributed by atoms with Crippen LogP contribution in [-0.2, 0) is 0 Å². The highest BCUT2D eigenvalue weighted by molar-refractivity contribution is 5.75. The maximum atomic E-state index is 10.6. The summed E-state index contributed by atoms with van der Waals surface area (Å²) in [6.07, 6.45) is 0. The second-order valence-corrected chi connectivity index (χ2v) is 1.90. The summed E-state index contributed by atoms with van der Waals surface area (Å²) >= 11 is 0. The zero-order chi connectivity index (χ0) is 8.15. The molecule has 0 aliphatic carbocycles. The largest absolute Gasteiger partial charge is 0.333 e. The van der Waals surface area contributed by atoms with Crippen LogP contribution >= 0.6 is 0 Å². The van der Waals surface area contributed by atoms with Crippen molar-refractivity contribution in [3.63, 3.8) is 0 Å². The molecule has 10 heavy (non-hydrogen) atoms. The normalized spacial score (nSPS) is 17.0. The molecule has 60 valence electrons. The summed E-state index contributed by atoms with van der Waals surface area (Å²) < 4.78 is 0. The third-order valence-corrected chi connectivity index (χ3v) is 1.25. The predicted molar refractivity (Wildman–Crippen MR) is 40.3 cm³/mol. The molecule has 1 aliphatic rings. The molecule has 2 amide bonds. The summed E-state index contributed by atoms with van der Waals surface area (Å²) in [5.41, 5.74) is 0. The maximum Gasteiger partial charge on any atom is 0.333 e. The molecule has 0 aromatic heterocycles. The van der Waals surface area contributed by atoms with E-state index in [2.05, 4.69) is 0 Å². The van der Waals surface area contributed by atoms with Crippen molar-refractivity contribution in [3.05, 3.63) is 0 Å². The highest BCUT2D eigenvalue weighted by Crippen LogP contribution is 1.98. The zero-order valence-electron chi connectivity index (χ0n) is 6.79. The monoisotopic (exact) mass is 145 g/mol. The molecule has 2 N–H and O–H groups in total. The smallest absolute Gasteiger partial charge is 0.325 e. The Morgan fingerprint density at radius 2 is 1.90 bits per heavy atom. The van der Waals surface area contributed by atoms with Gasteiger partial charge in [0.1, 0.15) is 0 Å². The van der Waals surface area contributed by atoms with Gasteiger partial charge in [0.05, 0.1) is 6.54 Å². The molecule has 1 fully saturated rings. The van der Waals surface area contributed by atoms with Crippen LogP contribution in [0.25, 0.3) is 0 Å². The lowest BCUT2D eigenvalue weighted by molar-refractivity contribution is 0.199. The van der Waals surface area contributed by atoms with Crippen LogP contribution in [0.2, 0.25) is 0 Å². The Balaban J connectivity index is 0.000000371. The highest BCUT2D eigenvalue weighted by atomic mass is 16.2. The van der Waals surface area contributed by atoms with Crippen molar-refractivity contribution >= 4 is 6.03 Å². The van der Waals surface area contributed by atoms with Crippen LogP contribution in [-0.4, -0.2) is 36.1 Å². The molecule has 0 spiro atoms. The van der Waals surface area contributed by atoms with Crippen LogP contribution in [0.3, 0.4) is 0 Å². The number of hydrazine groups is 1. The molecule has 1 aliphatic heterocycles. The lowest BCUT2D eigenvalue weighted by Crippen LogP contribution is -2.34. The van der Waals surface area contributed by atoms with Gasteiger partial charge in [0.25, 0.3) is 0 Å². The Hall–Kier alpha value is -0.770. The van der Waals surface area contributed by atoms with Crippen molar-refractivity contribution < 1.29 is 4.79 Å². The Kier molecular flexibility index (Phi) is 3.79. The molecule has 0 atom stereocenters. The van der Waals surface area contributed by atoms with Crippen LogP contribution in [0.5, 0.6) is 0 Å². The number of nitrogens with zero attached hydrogens (tertiary/aromatic N) is 2. The van der Waals surface area contributed by atoms with E-state index >= 15 is 0 Å². The van der Waals surface area contributed by atoms with E-state index in [1.807, 2.05) is 13.8 Å². The van der Waals surface area contributed by atoms with Gasteiger partial charge in [-0.15, -0.1) is 0 Å². The van der Waals surface area contributed by atoms with E-state index in [-0.39, 0.29) is 6.03 Å². The number of nitrogens with two attached hydrogens (primary N) is 1. The number of hydrogen-bond acceptors (Lipinski definition) is 2. The van der Waals surface area contributed by atoms with Crippen LogP contribution in [0, 0.1) is 0 Å². The molecule has 1 heterocycles. The Bertz CT molecular complexity index is 104. The van der Waals surface area contributed by atoms with Gasteiger partial charge in [0, 0.05) is 13.6 Å². The van der Waals surface area contributed by atoms with Gasteiger partial charge >= 0.3 is 6.03 Å². The fourth-order valence-electron chi connectivity index (χ4n) is 0.668. The first-order chi connectivity index (χ1) is 4.72. The topological polar surface area (TPSA) is 49.6 Å². The second kappa shape index (κ2) is 4.11. The minimum Gasteiger partial charge on any atom is -0.325 e. The molecule has 0 aromatic carbocycles. The highest BCUT2D eigenvalue weighted by Gasteiger charge is 2.21. The number of carbonyl (C=O) groups is 1. The number of urea groups is 1. The first-order valence-corrected chi connectivity index (χ1v) is 3.49. The predicted octanol–water partition coefficient (Wildman–Crippen LogP) is 0.254. The fraction of sp³-hybridized carbons (Fsp3) is 0.833. The van der Waals surface area contributed by atoms with Crippen molar-refractivity contribution in [2.24, 2.45) is 5.84 Å². The summed E-state index contributed by atoms with van der Waals surface area (Å²) in [7, 11) is 1.73. The minimum atomic E-state index is -0.0926. The summed E-state index contributed by atoms with van der Waals surface area (Å²) in [6, 6.07) is -0.0926. The average Bonchev–Trinajstić information content (AvgIpc) is 2.25. The minimum absolute atomic E-state index is 0.0926. The van der Waals surface area contributed by atoms with Crippen LogP contribution in [0.4, 0.5) is 4.79 Å². The number of carbonyl (C=O) groups excluding carboxylic acids is 1. The Labute approximate surface area is 61.6 Å². The number of hydrogen-bond donors (Lipinski definition) is 1. The average molecular weight is 145 g/mol. The molecular weight excluding hydrogens is 130 g/mol. The first kappa shape index (κ1) is 9.23. The standard InChI is InChI=1S/C4H9N3O.C2H6/c1-6-2-3-7(5)4(6)8;1-2/h2-3,5H2,1H3;1-2H3. The van der Waals surface area contributed by atoms with Gasteiger partial charge in [-0.25, -0.2) is 10.6 Å². The molecule has 0 unspecified atom stereocenters. The van der Waals surface area contributed by atoms with Crippen molar-refractivity contribution in [1.82, 2.24) is 9.91 Å². The van der Waals surface area contributed by atoms with Crippen LogP contribution in [0.15, 0.2) is 0 Å². The third kappa shape index (κ3) is 1.88. The van der Waals surface area contributed by atoms with Gasteiger partial charge < -0.3 is 4.90 Å². The van der Waals surface area contributed by atoms with E-state index in [1.54, 1.807) is 11.9 Å². The molecule has 0 saturated carbocycles. The number of amides is 2.